The van der Waals surface area contributed by atoms with Crippen LogP contribution in [0.25, 0.3) is 11.1 Å². The van der Waals surface area contributed by atoms with Crippen molar-refractivity contribution in [1.82, 2.24) is 19.7 Å². The Morgan fingerprint density at radius 3 is 2.26 bits per heavy atom. The van der Waals surface area contributed by atoms with Gasteiger partial charge in [-0.25, -0.2) is 14.4 Å². The van der Waals surface area contributed by atoms with Crippen LogP contribution >= 0.6 is 0 Å². The highest BCUT2D eigenvalue weighted by Crippen LogP contribution is 2.32. The lowest BCUT2D eigenvalue weighted by atomic mass is 10.0. The number of hydrogen-bond acceptors (Lipinski definition) is 4. The predicted octanol–water partition coefficient (Wildman–Crippen LogP) is 4.81. The van der Waals surface area contributed by atoms with Gasteiger partial charge in [0, 0.05) is 43.3 Å². The van der Waals surface area contributed by atoms with Gasteiger partial charge in [-0.3, -0.25) is 9.48 Å². The van der Waals surface area contributed by atoms with E-state index in [1.807, 2.05) is 25.4 Å². The monoisotopic (exact) mass is 469 g/mol. The van der Waals surface area contributed by atoms with Crippen molar-refractivity contribution in [3.63, 3.8) is 0 Å². The molecule has 0 fully saturated rings. The number of nitrogens with zero attached hydrogens (tertiary/aromatic N) is 4. The zero-order chi connectivity index (χ0) is 24.3. The van der Waals surface area contributed by atoms with E-state index in [4.69, 9.17) is 0 Å². The molecule has 174 valence electrons. The summed E-state index contributed by atoms with van der Waals surface area (Å²) in [5.41, 5.74) is 1.94. The third-order valence-electron chi connectivity index (χ3n) is 5.04. The van der Waals surface area contributed by atoms with Crippen LogP contribution in [0.3, 0.4) is 0 Å². The zero-order valence-corrected chi connectivity index (χ0v) is 18.0. The van der Waals surface area contributed by atoms with Gasteiger partial charge in [-0.15, -0.1) is 0 Å². The number of benzene rings is 2. The van der Waals surface area contributed by atoms with Gasteiger partial charge in [0.15, 0.2) is 0 Å². The number of halogens is 4. The van der Waals surface area contributed by atoms with Gasteiger partial charge in [0.2, 0.25) is 5.91 Å². The molecule has 0 atom stereocenters. The van der Waals surface area contributed by atoms with Crippen molar-refractivity contribution in [2.75, 3.05) is 5.32 Å². The topological polar surface area (TPSA) is 72.7 Å². The molecule has 34 heavy (non-hydrogen) atoms. The van der Waals surface area contributed by atoms with Crippen LogP contribution in [0.2, 0.25) is 0 Å². The maximum Gasteiger partial charge on any atom is 0.419 e. The largest absolute Gasteiger partial charge is 0.419 e. The van der Waals surface area contributed by atoms with Crippen LogP contribution in [0.5, 0.6) is 0 Å². The van der Waals surface area contributed by atoms with E-state index < -0.39 is 23.5 Å². The van der Waals surface area contributed by atoms with Crippen molar-refractivity contribution in [3.05, 3.63) is 95.6 Å². The molecular weight excluding hydrogens is 450 g/mol. The number of hydrogen-bond donors (Lipinski definition) is 1. The molecule has 0 saturated heterocycles. The fourth-order valence-electron chi connectivity index (χ4n) is 3.37. The van der Waals surface area contributed by atoms with E-state index in [0.29, 0.717) is 29.9 Å². The molecule has 4 rings (SSSR count). The number of nitrogens with one attached hydrogen (secondary N) is 1. The number of aryl methyl sites for hydroxylation is 1. The van der Waals surface area contributed by atoms with E-state index in [9.17, 15) is 22.4 Å². The minimum Gasteiger partial charge on any atom is -0.326 e. The molecule has 6 nitrogen and oxygen atoms in total. The highest BCUT2D eigenvalue weighted by atomic mass is 19.4. The van der Waals surface area contributed by atoms with E-state index in [1.54, 1.807) is 35.4 Å². The van der Waals surface area contributed by atoms with Crippen LogP contribution in [0.15, 0.2) is 67.3 Å². The normalized spacial score (nSPS) is 11.4. The van der Waals surface area contributed by atoms with Crippen molar-refractivity contribution in [1.29, 1.82) is 0 Å². The molecule has 2 heterocycles. The molecule has 0 spiro atoms. The second kappa shape index (κ2) is 9.42. The van der Waals surface area contributed by atoms with Gasteiger partial charge in [-0.2, -0.15) is 18.3 Å². The van der Waals surface area contributed by atoms with Gasteiger partial charge < -0.3 is 5.32 Å². The Morgan fingerprint density at radius 2 is 1.68 bits per heavy atom. The fourth-order valence-corrected chi connectivity index (χ4v) is 3.37. The van der Waals surface area contributed by atoms with Crippen LogP contribution in [-0.2, 0) is 30.9 Å². The summed E-state index contributed by atoms with van der Waals surface area (Å²) in [4.78, 5) is 21.0. The summed E-state index contributed by atoms with van der Waals surface area (Å²) in [5.74, 6) is -1.25. The minimum atomic E-state index is -4.79. The summed E-state index contributed by atoms with van der Waals surface area (Å²) in [6.07, 6.45) is 2.87. The van der Waals surface area contributed by atoms with Crippen molar-refractivity contribution in [2.24, 2.45) is 7.05 Å². The van der Waals surface area contributed by atoms with Crippen LogP contribution in [0.4, 0.5) is 23.2 Å². The second-order valence-electron chi connectivity index (χ2n) is 7.70. The van der Waals surface area contributed by atoms with Crippen LogP contribution in [0.1, 0.15) is 22.5 Å². The second-order valence-corrected chi connectivity index (χ2v) is 7.70. The molecule has 10 heteroatoms. The smallest absolute Gasteiger partial charge is 0.326 e. The summed E-state index contributed by atoms with van der Waals surface area (Å²) in [7, 11) is 1.84. The standard InChI is InChI=1S/C24H19F4N5O/c1-33-14-16(11-31-33)8-22-29-12-18(13-30-22)17-4-2-15(3-5-17)9-23(34)32-19-6-7-20(21(25)10-19)24(26,27)28/h2-7,10-14H,8-9H2,1H3,(H,32,34). The highest BCUT2D eigenvalue weighted by Gasteiger charge is 2.33. The van der Waals surface area contributed by atoms with Crippen LogP contribution in [-0.4, -0.2) is 25.7 Å². The fraction of sp³-hybridized carbons (Fsp3) is 0.167. The predicted molar refractivity (Wildman–Crippen MR) is 117 cm³/mol. The molecule has 1 N–H and O–H groups in total. The van der Waals surface area contributed by atoms with Crippen molar-refractivity contribution in [2.45, 2.75) is 19.0 Å². The molecule has 4 aromatic rings. The number of amides is 1. The molecular formula is C24H19F4N5O. The number of carbonyl (C=O) groups is 1. The number of anilines is 1. The molecule has 2 aromatic heterocycles. The third kappa shape index (κ3) is 5.64. The maximum atomic E-state index is 13.7. The average Bonchev–Trinajstić information content (AvgIpc) is 3.18. The lowest BCUT2D eigenvalue weighted by Gasteiger charge is -2.10. The molecule has 0 bridgehead atoms. The van der Waals surface area contributed by atoms with Gasteiger partial charge in [0.25, 0.3) is 0 Å². The summed E-state index contributed by atoms with van der Waals surface area (Å²) in [5, 5.41) is 6.53. The number of carbonyl (C=O) groups excluding carboxylic acids is 1. The minimum absolute atomic E-state index is 0.0243. The summed E-state index contributed by atoms with van der Waals surface area (Å²) in [6.45, 7) is 0. The third-order valence-corrected chi connectivity index (χ3v) is 5.04. The molecule has 2 aromatic carbocycles. The van der Waals surface area contributed by atoms with Crippen molar-refractivity contribution in [3.8, 4) is 11.1 Å². The van der Waals surface area contributed by atoms with Crippen LogP contribution < -0.4 is 5.32 Å². The van der Waals surface area contributed by atoms with E-state index in [-0.39, 0.29) is 12.1 Å². The highest BCUT2D eigenvalue weighted by molar-refractivity contribution is 5.92. The quantitative estimate of drug-likeness (QED) is 0.412. The summed E-state index contributed by atoms with van der Waals surface area (Å²) >= 11 is 0. The van der Waals surface area contributed by atoms with Gasteiger partial charge in [-0.1, -0.05) is 24.3 Å². The molecule has 0 unspecified atom stereocenters. The Hall–Kier alpha value is -4.08. The molecule has 1 amide bonds. The first-order chi connectivity index (χ1) is 16.2. The average molecular weight is 469 g/mol. The van der Waals surface area contributed by atoms with Gasteiger partial charge in [0.05, 0.1) is 18.2 Å². The first-order valence-electron chi connectivity index (χ1n) is 10.2. The Morgan fingerprint density at radius 1 is 0.971 bits per heavy atom. The van der Waals surface area contributed by atoms with Gasteiger partial charge >= 0.3 is 6.18 Å². The molecule has 0 saturated carbocycles. The van der Waals surface area contributed by atoms with Crippen molar-refractivity contribution >= 4 is 11.6 Å². The van der Waals surface area contributed by atoms with Crippen LogP contribution in [0, 0.1) is 5.82 Å². The van der Waals surface area contributed by atoms with E-state index >= 15 is 0 Å². The van der Waals surface area contributed by atoms with Gasteiger partial charge in [0.1, 0.15) is 11.6 Å². The Labute approximate surface area is 192 Å². The molecule has 0 aliphatic heterocycles. The zero-order valence-electron chi connectivity index (χ0n) is 18.0. The molecule has 0 aliphatic carbocycles. The lowest BCUT2D eigenvalue weighted by molar-refractivity contribution is -0.139. The van der Waals surface area contributed by atoms with Crippen molar-refractivity contribution < 1.29 is 22.4 Å². The number of alkyl halides is 3. The SMILES string of the molecule is Cn1cc(Cc2ncc(-c3ccc(CC(=O)Nc4ccc(C(F)(F)F)c(F)c4)cc3)cn2)cn1. The first-order valence-corrected chi connectivity index (χ1v) is 10.2. The molecule has 0 radical (unpaired) electrons. The van der Waals surface area contributed by atoms with Gasteiger partial charge in [-0.05, 0) is 34.9 Å². The Bertz CT molecular complexity index is 1300. The molecule has 0 aliphatic rings. The number of aromatic nitrogens is 4. The van der Waals surface area contributed by atoms with E-state index in [0.717, 1.165) is 22.8 Å². The Kier molecular flexibility index (Phi) is 6.40. The van der Waals surface area contributed by atoms with E-state index in [1.165, 1.54) is 0 Å². The Balaban J connectivity index is 1.36. The summed E-state index contributed by atoms with van der Waals surface area (Å²) in [6, 6.07) is 9.42. The number of rotatable bonds is 6. The lowest BCUT2D eigenvalue weighted by Crippen LogP contribution is -2.15. The summed E-state index contributed by atoms with van der Waals surface area (Å²) < 4.78 is 53.4. The van der Waals surface area contributed by atoms with E-state index in [2.05, 4.69) is 20.4 Å². The first kappa shape index (κ1) is 23.1. The maximum absolute atomic E-state index is 13.7.